The number of hydrogen-bond acceptors (Lipinski definition) is 2. The maximum absolute atomic E-state index is 13.2. The standard InChI is InChI=1S/C10H9F2NO/c11-7-3-1-4-8(12)9(7)10-13-5-2-6-14-10/h1,3-4H,2,5-6H2. The third-order valence-corrected chi connectivity index (χ3v) is 1.97. The first-order valence-corrected chi connectivity index (χ1v) is 4.40. The highest BCUT2D eigenvalue weighted by Gasteiger charge is 2.17. The molecule has 0 unspecified atom stereocenters. The van der Waals surface area contributed by atoms with E-state index in [1.807, 2.05) is 0 Å². The highest BCUT2D eigenvalue weighted by atomic mass is 19.1. The molecular weight excluding hydrogens is 188 g/mol. The van der Waals surface area contributed by atoms with Gasteiger partial charge < -0.3 is 4.74 Å². The van der Waals surface area contributed by atoms with Gasteiger partial charge in [0.15, 0.2) is 0 Å². The van der Waals surface area contributed by atoms with Crippen molar-refractivity contribution in [3.05, 3.63) is 35.4 Å². The number of hydrogen-bond donors (Lipinski definition) is 0. The molecule has 0 aliphatic carbocycles. The smallest absolute Gasteiger partial charge is 0.222 e. The molecule has 0 bridgehead atoms. The molecule has 0 saturated heterocycles. The molecule has 0 amide bonds. The second-order valence-electron chi connectivity index (χ2n) is 2.99. The maximum Gasteiger partial charge on any atom is 0.222 e. The van der Waals surface area contributed by atoms with Gasteiger partial charge in [-0.05, 0) is 12.1 Å². The van der Waals surface area contributed by atoms with Crippen LogP contribution in [0, 0.1) is 11.6 Å². The van der Waals surface area contributed by atoms with Crippen LogP contribution in [0.5, 0.6) is 0 Å². The van der Waals surface area contributed by atoms with Crippen LogP contribution in [0.3, 0.4) is 0 Å². The molecule has 1 heterocycles. The monoisotopic (exact) mass is 197 g/mol. The molecule has 2 rings (SSSR count). The number of ether oxygens (including phenoxy) is 1. The van der Waals surface area contributed by atoms with Gasteiger partial charge in [-0.2, -0.15) is 0 Å². The Kier molecular flexibility index (Phi) is 2.43. The van der Waals surface area contributed by atoms with Gasteiger partial charge in [-0.25, -0.2) is 8.78 Å². The first-order valence-electron chi connectivity index (χ1n) is 4.40. The Labute approximate surface area is 80.2 Å². The van der Waals surface area contributed by atoms with Crippen LogP contribution in [0.4, 0.5) is 8.78 Å². The van der Waals surface area contributed by atoms with Crippen molar-refractivity contribution in [1.29, 1.82) is 0 Å². The fourth-order valence-electron chi connectivity index (χ4n) is 1.31. The minimum Gasteiger partial charge on any atom is -0.477 e. The summed E-state index contributed by atoms with van der Waals surface area (Å²) in [6.07, 6.45) is 0.791. The topological polar surface area (TPSA) is 21.6 Å². The molecule has 0 atom stereocenters. The van der Waals surface area contributed by atoms with Gasteiger partial charge in [0.1, 0.15) is 17.2 Å². The first-order chi connectivity index (χ1) is 6.79. The number of nitrogens with zero attached hydrogens (tertiary/aromatic N) is 1. The molecule has 0 saturated carbocycles. The third kappa shape index (κ3) is 1.60. The van der Waals surface area contributed by atoms with Crippen LogP contribution in [0.2, 0.25) is 0 Å². The molecule has 0 N–H and O–H groups in total. The zero-order valence-electron chi connectivity index (χ0n) is 7.46. The highest BCUT2D eigenvalue weighted by molar-refractivity contribution is 5.94. The first kappa shape index (κ1) is 9.12. The molecule has 1 aliphatic heterocycles. The van der Waals surface area contributed by atoms with Crippen LogP contribution in [0.1, 0.15) is 12.0 Å². The van der Waals surface area contributed by atoms with Crippen molar-refractivity contribution >= 4 is 5.90 Å². The molecule has 4 heteroatoms. The van der Waals surface area contributed by atoms with Crippen molar-refractivity contribution in [3.8, 4) is 0 Å². The average molecular weight is 197 g/mol. The van der Waals surface area contributed by atoms with Gasteiger partial charge in [-0.3, -0.25) is 4.99 Å². The SMILES string of the molecule is Fc1cccc(F)c1C1=NCCCO1. The predicted molar refractivity (Wildman–Crippen MR) is 48.3 cm³/mol. The minimum atomic E-state index is -0.634. The van der Waals surface area contributed by atoms with Gasteiger partial charge in [0.05, 0.1) is 6.61 Å². The molecule has 14 heavy (non-hydrogen) atoms. The lowest BCUT2D eigenvalue weighted by Gasteiger charge is -2.14. The second-order valence-corrected chi connectivity index (χ2v) is 2.99. The summed E-state index contributed by atoms with van der Waals surface area (Å²) in [5.74, 6) is -1.19. The zero-order chi connectivity index (χ0) is 9.97. The van der Waals surface area contributed by atoms with Gasteiger partial charge in [0.2, 0.25) is 5.90 Å². The quantitative estimate of drug-likeness (QED) is 0.675. The van der Waals surface area contributed by atoms with E-state index in [2.05, 4.69) is 4.99 Å². The maximum atomic E-state index is 13.2. The number of halogens is 2. The van der Waals surface area contributed by atoms with Crippen LogP contribution in [-0.2, 0) is 4.74 Å². The minimum absolute atomic E-state index is 0.0758. The number of aliphatic imine (C=N–C) groups is 1. The molecule has 74 valence electrons. The third-order valence-electron chi connectivity index (χ3n) is 1.97. The average Bonchev–Trinajstić information content (AvgIpc) is 2.19. The Morgan fingerprint density at radius 2 is 1.93 bits per heavy atom. The predicted octanol–water partition coefficient (Wildman–Crippen LogP) is 2.13. The van der Waals surface area contributed by atoms with Crippen molar-refractivity contribution < 1.29 is 13.5 Å². The van der Waals surface area contributed by atoms with Crippen LogP contribution in [0.25, 0.3) is 0 Å². The summed E-state index contributed by atoms with van der Waals surface area (Å²) in [7, 11) is 0. The molecule has 1 aromatic rings. The van der Waals surface area contributed by atoms with E-state index >= 15 is 0 Å². The van der Waals surface area contributed by atoms with Crippen molar-refractivity contribution in [2.24, 2.45) is 4.99 Å². The van der Waals surface area contributed by atoms with Crippen LogP contribution < -0.4 is 0 Å². The van der Waals surface area contributed by atoms with E-state index in [4.69, 9.17) is 4.74 Å². The van der Waals surface area contributed by atoms with Crippen LogP contribution in [-0.4, -0.2) is 19.0 Å². The largest absolute Gasteiger partial charge is 0.477 e. The fourth-order valence-corrected chi connectivity index (χ4v) is 1.31. The van der Waals surface area contributed by atoms with Gasteiger partial charge >= 0.3 is 0 Å². The molecule has 0 aromatic heterocycles. The molecule has 1 aliphatic rings. The molecule has 1 aromatic carbocycles. The summed E-state index contributed by atoms with van der Waals surface area (Å²) in [5, 5.41) is 0. The Balaban J connectivity index is 2.44. The summed E-state index contributed by atoms with van der Waals surface area (Å²) in [6, 6.07) is 3.70. The van der Waals surface area contributed by atoms with Crippen molar-refractivity contribution in [3.63, 3.8) is 0 Å². The molecule has 0 spiro atoms. The fraction of sp³-hybridized carbons (Fsp3) is 0.300. The van der Waals surface area contributed by atoms with Gasteiger partial charge in [0, 0.05) is 13.0 Å². The molecule has 2 nitrogen and oxygen atoms in total. The van der Waals surface area contributed by atoms with E-state index in [0.717, 1.165) is 6.42 Å². The van der Waals surface area contributed by atoms with E-state index in [9.17, 15) is 8.78 Å². The van der Waals surface area contributed by atoms with E-state index < -0.39 is 11.6 Å². The van der Waals surface area contributed by atoms with Gasteiger partial charge in [-0.1, -0.05) is 6.07 Å². The Morgan fingerprint density at radius 3 is 2.50 bits per heavy atom. The Hall–Kier alpha value is -1.45. The van der Waals surface area contributed by atoms with Gasteiger partial charge in [-0.15, -0.1) is 0 Å². The highest BCUT2D eigenvalue weighted by Crippen LogP contribution is 2.15. The van der Waals surface area contributed by atoms with Crippen molar-refractivity contribution in [2.45, 2.75) is 6.42 Å². The van der Waals surface area contributed by atoms with E-state index in [1.54, 1.807) is 0 Å². The van der Waals surface area contributed by atoms with Crippen LogP contribution in [0.15, 0.2) is 23.2 Å². The van der Waals surface area contributed by atoms with Crippen molar-refractivity contribution in [2.75, 3.05) is 13.2 Å². The molecule has 0 fully saturated rings. The normalized spacial score (nSPS) is 16.0. The number of benzene rings is 1. The lowest BCUT2D eigenvalue weighted by Crippen LogP contribution is -2.17. The van der Waals surface area contributed by atoms with E-state index in [1.165, 1.54) is 18.2 Å². The van der Waals surface area contributed by atoms with E-state index in [-0.39, 0.29) is 11.5 Å². The van der Waals surface area contributed by atoms with Crippen molar-refractivity contribution in [1.82, 2.24) is 0 Å². The van der Waals surface area contributed by atoms with Crippen LogP contribution >= 0.6 is 0 Å². The number of rotatable bonds is 1. The van der Waals surface area contributed by atoms with E-state index in [0.29, 0.717) is 13.2 Å². The summed E-state index contributed by atoms with van der Waals surface area (Å²) in [6.45, 7) is 1.02. The van der Waals surface area contributed by atoms with Gasteiger partial charge in [0.25, 0.3) is 0 Å². The summed E-state index contributed by atoms with van der Waals surface area (Å²) in [4.78, 5) is 3.94. The zero-order valence-corrected chi connectivity index (χ0v) is 7.46. The Bertz CT molecular complexity index is 356. The molecule has 0 radical (unpaired) electrons. The lowest BCUT2D eigenvalue weighted by molar-refractivity contribution is 0.281. The summed E-state index contributed by atoms with van der Waals surface area (Å²) < 4.78 is 31.6. The summed E-state index contributed by atoms with van der Waals surface area (Å²) in [5.41, 5.74) is -0.160. The summed E-state index contributed by atoms with van der Waals surface area (Å²) >= 11 is 0. The Morgan fingerprint density at radius 1 is 1.21 bits per heavy atom. The lowest BCUT2D eigenvalue weighted by atomic mass is 10.2. The second kappa shape index (κ2) is 3.74. The molecular formula is C10H9F2NO.